The quantitative estimate of drug-likeness (QED) is 0.398. The highest BCUT2D eigenvalue weighted by Gasteiger charge is 2.21. The molecule has 1 unspecified atom stereocenters. The fourth-order valence-corrected chi connectivity index (χ4v) is 3.72. The van der Waals surface area contributed by atoms with E-state index in [0.29, 0.717) is 0 Å². The van der Waals surface area contributed by atoms with Gasteiger partial charge in [0.25, 0.3) is 0 Å². The van der Waals surface area contributed by atoms with Crippen molar-refractivity contribution in [2.45, 2.75) is 91.9 Å². The molecule has 1 aliphatic rings. The molecule has 0 heteroatoms. The molecule has 1 atom stereocenters. The van der Waals surface area contributed by atoms with Gasteiger partial charge < -0.3 is 0 Å². The van der Waals surface area contributed by atoms with Crippen molar-refractivity contribution in [3.8, 4) is 0 Å². The van der Waals surface area contributed by atoms with Gasteiger partial charge in [0.05, 0.1) is 0 Å². The van der Waals surface area contributed by atoms with Crippen LogP contribution in [0.1, 0.15) is 91.9 Å². The predicted molar refractivity (Wildman–Crippen MR) is 92.0 cm³/mol. The molecule has 0 aliphatic heterocycles. The van der Waals surface area contributed by atoms with Gasteiger partial charge in [0.15, 0.2) is 0 Å². The van der Waals surface area contributed by atoms with Gasteiger partial charge in [0.1, 0.15) is 0 Å². The largest absolute Gasteiger partial charge is 0.0999 e. The van der Waals surface area contributed by atoms with Gasteiger partial charge in [-0.15, -0.1) is 0 Å². The van der Waals surface area contributed by atoms with E-state index >= 15 is 0 Å². The van der Waals surface area contributed by atoms with Crippen molar-refractivity contribution in [1.29, 1.82) is 0 Å². The summed E-state index contributed by atoms with van der Waals surface area (Å²) < 4.78 is 0. The van der Waals surface area contributed by atoms with Crippen LogP contribution in [0.15, 0.2) is 12.2 Å². The molecule has 0 amide bonds. The Labute approximate surface area is 128 Å². The average Bonchev–Trinajstić information content (AvgIpc) is 2.39. The van der Waals surface area contributed by atoms with Crippen molar-refractivity contribution in [3.63, 3.8) is 0 Å². The Balaban J connectivity index is 2.03. The van der Waals surface area contributed by atoms with Crippen molar-refractivity contribution in [3.05, 3.63) is 12.2 Å². The molecule has 1 aliphatic carbocycles. The van der Waals surface area contributed by atoms with Crippen molar-refractivity contribution in [2.75, 3.05) is 0 Å². The van der Waals surface area contributed by atoms with Crippen molar-refractivity contribution in [1.82, 2.24) is 0 Å². The van der Waals surface area contributed by atoms with Crippen LogP contribution in [0, 0.1) is 23.7 Å². The van der Waals surface area contributed by atoms with E-state index in [0.717, 1.165) is 23.7 Å². The molecule has 0 radical (unpaired) electrons. The minimum Gasteiger partial charge on any atom is -0.0999 e. The summed E-state index contributed by atoms with van der Waals surface area (Å²) in [4.78, 5) is 0. The third-order valence-corrected chi connectivity index (χ3v) is 5.33. The van der Waals surface area contributed by atoms with Crippen LogP contribution in [0.2, 0.25) is 0 Å². The van der Waals surface area contributed by atoms with Crippen LogP contribution in [0.4, 0.5) is 0 Å². The topological polar surface area (TPSA) is 0 Å². The molecule has 0 bridgehead atoms. The number of hydrogen-bond acceptors (Lipinski definition) is 0. The summed E-state index contributed by atoms with van der Waals surface area (Å²) >= 11 is 0. The maximum absolute atomic E-state index is 4.13. The Morgan fingerprint density at radius 1 is 0.950 bits per heavy atom. The first kappa shape index (κ1) is 17.8. The first-order valence-corrected chi connectivity index (χ1v) is 9.14. The summed E-state index contributed by atoms with van der Waals surface area (Å²) in [7, 11) is 0. The molecular weight excluding hydrogens is 240 g/mol. The highest BCUT2D eigenvalue weighted by atomic mass is 14.3. The number of rotatable bonds is 9. The maximum atomic E-state index is 4.13. The molecule has 0 nitrogen and oxygen atoms in total. The molecule has 1 saturated carbocycles. The molecule has 0 heterocycles. The molecule has 118 valence electrons. The van der Waals surface area contributed by atoms with Crippen molar-refractivity contribution >= 4 is 0 Å². The van der Waals surface area contributed by atoms with E-state index in [1.165, 1.54) is 69.8 Å². The van der Waals surface area contributed by atoms with Crippen LogP contribution < -0.4 is 0 Å². The second kappa shape index (κ2) is 9.64. The SMILES string of the molecule is C=C(C)C1CCC(CCCC(C)CCCC(C)C)CC1. The first-order valence-electron chi connectivity index (χ1n) is 9.14. The van der Waals surface area contributed by atoms with E-state index < -0.39 is 0 Å². The summed E-state index contributed by atoms with van der Waals surface area (Å²) in [6.45, 7) is 13.5. The van der Waals surface area contributed by atoms with Crippen LogP contribution in [0.25, 0.3) is 0 Å². The Bertz CT molecular complexity index is 255. The molecule has 1 fully saturated rings. The van der Waals surface area contributed by atoms with Crippen LogP contribution in [-0.4, -0.2) is 0 Å². The van der Waals surface area contributed by atoms with Crippen LogP contribution in [0.3, 0.4) is 0 Å². The van der Waals surface area contributed by atoms with E-state index in [1.807, 2.05) is 0 Å². The third kappa shape index (κ3) is 7.50. The molecule has 0 saturated heterocycles. The van der Waals surface area contributed by atoms with E-state index in [1.54, 1.807) is 0 Å². The first-order chi connectivity index (χ1) is 9.49. The van der Waals surface area contributed by atoms with Gasteiger partial charge >= 0.3 is 0 Å². The Hall–Kier alpha value is -0.260. The number of hydrogen-bond donors (Lipinski definition) is 0. The predicted octanol–water partition coefficient (Wildman–Crippen LogP) is 7.00. The zero-order valence-electron chi connectivity index (χ0n) is 14.6. The minimum atomic E-state index is 0.834. The van der Waals surface area contributed by atoms with Gasteiger partial charge in [0, 0.05) is 0 Å². The molecule has 0 spiro atoms. The van der Waals surface area contributed by atoms with Gasteiger partial charge in [-0.3, -0.25) is 0 Å². The lowest BCUT2D eigenvalue weighted by molar-refractivity contribution is 0.275. The van der Waals surface area contributed by atoms with Crippen molar-refractivity contribution < 1.29 is 0 Å². The fraction of sp³-hybridized carbons (Fsp3) is 0.900. The standard InChI is InChI=1S/C20H38/c1-16(2)8-6-9-18(5)10-7-11-19-12-14-20(15-13-19)17(3)4/h16,18-20H,3,6-15H2,1-2,4-5H3. The summed E-state index contributed by atoms with van der Waals surface area (Å²) in [5.74, 6) is 3.68. The second-order valence-corrected chi connectivity index (χ2v) is 7.92. The highest BCUT2D eigenvalue weighted by Crippen LogP contribution is 2.35. The van der Waals surface area contributed by atoms with Gasteiger partial charge in [-0.25, -0.2) is 0 Å². The lowest BCUT2D eigenvalue weighted by Gasteiger charge is -2.29. The third-order valence-electron chi connectivity index (χ3n) is 5.33. The molecular formula is C20H38. The zero-order valence-corrected chi connectivity index (χ0v) is 14.6. The average molecular weight is 279 g/mol. The molecule has 0 N–H and O–H groups in total. The molecule has 1 rings (SSSR count). The van der Waals surface area contributed by atoms with Crippen LogP contribution >= 0.6 is 0 Å². The smallest absolute Gasteiger partial charge is 0.0208 e. The number of allylic oxidation sites excluding steroid dienone is 1. The van der Waals surface area contributed by atoms with Crippen molar-refractivity contribution in [2.24, 2.45) is 23.7 Å². The Morgan fingerprint density at radius 2 is 1.55 bits per heavy atom. The highest BCUT2D eigenvalue weighted by molar-refractivity contribution is 4.97. The summed E-state index contributed by atoms with van der Waals surface area (Å²) in [6.07, 6.45) is 14.4. The lowest BCUT2D eigenvalue weighted by atomic mass is 9.77. The van der Waals surface area contributed by atoms with E-state index in [9.17, 15) is 0 Å². The van der Waals surface area contributed by atoms with Crippen LogP contribution in [0.5, 0.6) is 0 Å². The van der Waals surface area contributed by atoms with Gasteiger partial charge in [-0.2, -0.15) is 0 Å². The van der Waals surface area contributed by atoms with Gasteiger partial charge in [-0.1, -0.05) is 71.4 Å². The Morgan fingerprint density at radius 3 is 2.10 bits per heavy atom. The zero-order chi connectivity index (χ0) is 15.0. The van der Waals surface area contributed by atoms with Crippen LogP contribution in [-0.2, 0) is 0 Å². The van der Waals surface area contributed by atoms with Gasteiger partial charge in [-0.05, 0) is 56.3 Å². The van der Waals surface area contributed by atoms with E-state index in [-0.39, 0.29) is 0 Å². The normalized spacial score (nSPS) is 24.9. The Kier molecular flexibility index (Phi) is 8.57. The summed E-state index contributed by atoms with van der Waals surface area (Å²) in [5.41, 5.74) is 1.42. The summed E-state index contributed by atoms with van der Waals surface area (Å²) in [6, 6.07) is 0. The fourth-order valence-electron chi connectivity index (χ4n) is 3.72. The second-order valence-electron chi connectivity index (χ2n) is 7.92. The molecule has 0 aromatic rings. The van der Waals surface area contributed by atoms with Gasteiger partial charge in [0.2, 0.25) is 0 Å². The lowest BCUT2D eigenvalue weighted by Crippen LogP contribution is -2.15. The van der Waals surface area contributed by atoms with E-state index in [2.05, 4.69) is 34.3 Å². The molecule has 0 aromatic heterocycles. The summed E-state index contributed by atoms with van der Waals surface area (Å²) in [5, 5.41) is 0. The molecule has 0 aromatic carbocycles. The monoisotopic (exact) mass is 278 g/mol. The molecule has 20 heavy (non-hydrogen) atoms. The minimum absolute atomic E-state index is 0.834. The van der Waals surface area contributed by atoms with E-state index in [4.69, 9.17) is 0 Å². The maximum Gasteiger partial charge on any atom is -0.0208 e.